The lowest BCUT2D eigenvalue weighted by Gasteiger charge is -2.21. The summed E-state index contributed by atoms with van der Waals surface area (Å²) in [5, 5.41) is 2.75. The van der Waals surface area contributed by atoms with Gasteiger partial charge in [-0.1, -0.05) is 19.9 Å². The molecule has 0 heterocycles. The third kappa shape index (κ3) is 7.30. The van der Waals surface area contributed by atoms with Gasteiger partial charge in [-0.05, 0) is 68.7 Å². The molecule has 180 valence electrons. The summed E-state index contributed by atoms with van der Waals surface area (Å²) in [5.74, 6) is -0.0253. The minimum Gasteiger partial charge on any atom is -0.497 e. The second-order valence-electron chi connectivity index (χ2n) is 8.03. The lowest BCUT2D eigenvalue weighted by molar-refractivity contribution is -0.118. The molecule has 2 rings (SSSR count). The summed E-state index contributed by atoms with van der Waals surface area (Å²) in [6, 6.07) is 11.6. The first-order chi connectivity index (χ1) is 15.6. The second kappa shape index (κ2) is 11.8. The molecule has 2 aromatic carbocycles. The second-order valence-corrected chi connectivity index (χ2v) is 9.74. The molecule has 0 spiro atoms. The van der Waals surface area contributed by atoms with E-state index in [1.165, 1.54) is 19.2 Å². The molecule has 0 bridgehead atoms. The zero-order valence-corrected chi connectivity index (χ0v) is 20.6. The number of amides is 2. The van der Waals surface area contributed by atoms with Crippen LogP contribution >= 0.6 is 0 Å². The number of nitrogens with zero attached hydrogens (tertiary/aromatic N) is 1. The van der Waals surface area contributed by atoms with Crippen molar-refractivity contribution in [2.24, 2.45) is 5.92 Å². The van der Waals surface area contributed by atoms with Gasteiger partial charge in [0.1, 0.15) is 11.8 Å². The zero-order chi connectivity index (χ0) is 24.6. The van der Waals surface area contributed by atoms with E-state index >= 15 is 0 Å². The van der Waals surface area contributed by atoms with Crippen molar-refractivity contribution >= 4 is 27.5 Å². The number of rotatable bonds is 11. The van der Waals surface area contributed by atoms with Crippen molar-refractivity contribution in [3.63, 3.8) is 0 Å². The SMILES string of the molecule is CCN(CC)C(=O)c1cccc(NC(=O)C(CC(C)C)NS(=O)(=O)c2ccc(OC)cc2)c1. The van der Waals surface area contributed by atoms with E-state index in [9.17, 15) is 18.0 Å². The van der Waals surface area contributed by atoms with E-state index in [1.54, 1.807) is 41.3 Å². The number of methoxy groups -OCH3 is 1. The maximum atomic E-state index is 13.0. The van der Waals surface area contributed by atoms with Gasteiger partial charge in [0.15, 0.2) is 0 Å². The monoisotopic (exact) mass is 475 g/mol. The van der Waals surface area contributed by atoms with Crippen molar-refractivity contribution in [2.75, 3.05) is 25.5 Å². The number of hydrogen-bond acceptors (Lipinski definition) is 5. The van der Waals surface area contributed by atoms with Crippen LogP contribution in [0, 0.1) is 5.92 Å². The molecule has 0 aromatic heterocycles. The number of nitrogens with one attached hydrogen (secondary N) is 2. The molecular formula is C24H33N3O5S. The Labute approximate surface area is 196 Å². The number of hydrogen-bond donors (Lipinski definition) is 2. The topological polar surface area (TPSA) is 105 Å². The molecule has 1 unspecified atom stereocenters. The zero-order valence-electron chi connectivity index (χ0n) is 19.8. The lowest BCUT2D eigenvalue weighted by atomic mass is 10.0. The smallest absolute Gasteiger partial charge is 0.253 e. The van der Waals surface area contributed by atoms with Crippen LogP contribution in [-0.4, -0.2) is 51.4 Å². The lowest BCUT2D eigenvalue weighted by Crippen LogP contribution is -2.44. The number of sulfonamides is 1. The maximum absolute atomic E-state index is 13.0. The van der Waals surface area contributed by atoms with E-state index < -0.39 is 22.0 Å². The first kappa shape index (κ1) is 26.3. The summed E-state index contributed by atoms with van der Waals surface area (Å²) in [7, 11) is -2.44. The Morgan fingerprint density at radius 2 is 1.67 bits per heavy atom. The fourth-order valence-corrected chi connectivity index (χ4v) is 4.55. The highest BCUT2D eigenvalue weighted by molar-refractivity contribution is 7.89. The van der Waals surface area contributed by atoms with E-state index in [2.05, 4.69) is 10.0 Å². The van der Waals surface area contributed by atoms with E-state index in [0.717, 1.165) is 0 Å². The first-order valence-electron chi connectivity index (χ1n) is 11.0. The molecule has 2 aromatic rings. The summed E-state index contributed by atoms with van der Waals surface area (Å²) in [6.07, 6.45) is 0.305. The fraction of sp³-hybridized carbons (Fsp3) is 0.417. The number of carbonyl (C=O) groups excluding carboxylic acids is 2. The third-order valence-electron chi connectivity index (χ3n) is 5.12. The van der Waals surface area contributed by atoms with Gasteiger partial charge in [-0.2, -0.15) is 4.72 Å². The van der Waals surface area contributed by atoms with Crippen LogP contribution in [0.5, 0.6) is 5.75 Å². The molecule has 0 aliphatic heterocycles. The van der Waals surface area contributed by atoms with Gasteiger partial charge in [-0.3, -0.25) is 9.59 Å². The van der Waals surface area contributed by atoms with Crippen molar-refractivity contribution in [1.29, 1.82) is 0 Å². The van der Waals surface area contributed by atoms with Gasteiger partial charge in [0.05, 0.1) is 12.0 Å². The van der Waals surface area contributed by atoms with Crippen LogP contribution in [0.3, 0.4) is 0 Å². The van der Waals surface area contributed by atoms with Gasteiger partial charge in [0.2, 0.25) is 15.9 Å². The Hall–Kier alpha value is -2.91. The fourth-order valence-electron chi connectivity index (χ4n) is 3.34. The number of anilines is 1. The van der Waals surface area contributed by atoms with Crippen molar-refractivity contribution in [3.05, 3.63) is 54.1 Å². The van der Waals surface area contributed by atoms with Crippen molar-refractivity contribution in [3.8, 4) is 5.75 Å². The van der Waals surface area contributed by atoms with Crippen molar-refractivity contribution in [1.82, 2.24) is 9.62 Å². The van der Waals surface area contributed by atoms with Crippen LogP contribution < -0.4 is 14.8 Å². The molecule has 0 aliphatic rings. The molecule has 2 N–H and O–H groups in total. The number of ether oxygens (including phenoxy) is 1. The number of benzene rings is 2. The van der Waals surface area contributed by atoms with Crippen LogP contribution in [0.2, 0.25) is 0 Å². The number of carbonyl (C=O) groups is 2. The first-order valence-corrected chi connectivity index (χ1v) is 12.5. The Balaban J connectivity index is 2.22. The largest absolute Gasteiger partial charge is 0.497 e. The summed E-state index contributed by atoms with van der Waals surface area (Å²) >= 11 is 0. The molecule has 0 aliphatic carbocycles. The van der Waals surface area contributed by atoms with Crippen LogP contribution in [0.4, 0.5) is 5.69 Å². The minimum absolute atomic E-state index is 0.0386. The summed E-state index contributed by atoms with van der Waals surface area (Å²) in [6.45, 7) is 8.78. The Bertz CT molecular complexity index is 1050. The minimum atomic E-state index is -3.93. The molecule has 9 heteroatoms. The molecule has 33 heavy (non-hydrogen) atoms. The summed E-state index contributed by atoms with van der Waals surface area (Å²) in [5.41, 5.74) is 0.881. The highest BCUT2D eigenvalue weighted by Crippen LogP contribution is 2.18. The third-order valence-corrected chi connectivity index (χ3v) is 6.61. The van der Waals surface area contributed by atoms with Gasteiger partial charge >= 0.3 is 0 Å². The van der Waals surface area contributed by atoms with Gasteiger partial charge in [0, 0.05) is 24.3 Å². The van der Waals surface area contributed by atoms with Crippen LogP contribution in [0.25, 0.3) is 0 Å². The molecule has 1 atom stereocenters. The van der Waals surface area contributed by atoms with Crippen LogP contribution in [-0.2, 0) is 14.8 Å². The van der Waals surface area contributed by atoms with Crippen molar-refractivity contribution < 1.29 is 22.7 Å². The van der Waals surface area contributed by atoms with E-state index in [4.69, 9.17) is 4.74 Å². The molecule has 8 nitrogen and oxygen atoms in total. The average molecular weight is 476 g/mol. The summed E-state index contributed by atoms with van der Waals surface area (Å²) < 4.78 is 33.4. The van der Waals surface area contributed by atoms with Gasteiger partial charge < -0.3 is 15.0 Å². The molecule has 0 radical (unpaired) electrons. The highest BCUT2D eigenvalue weighted by atomic mass is 32.2. The molecular weight excluding hydrogens is 442 g/mol. The molecule has 0 fully saturated rings. The molecule has 2 amide bonds. The van der Waals surface area contributed by atoms with Gasteiger partial charge in [0.25, 0.3) is 5.91 Å². The maximum Gasteiger partial charge on any atom is 0.253 e. The molecule has 0 saturated heterocycles. The van der Waals surface area contributed by atoms with Crippen molar-refractivity contribution in [2.45, 2.75) is 45.1 Å². The summed E-state index contributed by atoms with van der Waals surface area (Å²) in [4.78, 5) is 27.4. The average Bonchev–Trinajstić information content (AvgIpc) is 2.79. The Morgan fingerprint density at radius 1 is 1.03 bits per heavy atom. The van der Waals surface area contributed by atoms with Gasteiger partial charge in [-0.15, -0.1) is 0 Å². The quantitative estimate of drug-likeness (QED) is 0.518. The normalized spacial score (nSPS) is 12.3. The highest BCUT2D eigenvalue weighted by Gasteiger charge is 2.27. The van der Waals surface area contributed by atoms with Gasteiger partial charge in [-0.25, -0.2) is 8.42 Å². The Kier molecular flexibility index (Phi) is 9.43. The van der Waals surface area contributed by atoms with E-state index in [-0.39, 0.29) is 16.7 Å². The predicted molar refractivity (Wildman–Crippen MR) is 129 cm³/mol. The molecule has 0 saturated carbocycles. The predicted octanol–water partition coefficient (Wildman–Crippen LogP) is 3.51. The standard InChI is InChI=1S/C24H33N3O5S/c1-6-27(7-2)24(29)18-9-8-10-19(16-18)25-23(28)22(15-17(3)4)26-33(30,31)21-13-11-20(32-5)12-14-21/h8-14,16-17,22,26H,6-7,15H2,1-5H3,(H,25,28). The van der Waals surface area contributed by atoms with E-state index in [0.29, 0.717) is 36.5 Å². The van der Waals surface area contributed by atoms with Crippen LogP contribution in [0.15, 0.2) is 53.4 Å². The van der Waals surface area contributed by atoms with Crippen LogP contribution in [0.1, 0.15) is 44.5 Å². The van der Waals surface area contributed by atoms with E-state index in [1.807, 2.05) is 27.7 Å². The Morgan fingerprint density at radius 3 is 2.21 bits per heavy atom.